The molecule has 4 nitrogen and oxygen atoms in total. The molecule has 1 aliphatic heterocycles. The number of sulfone groups is 1. The quantitative estimate of drug-likeness (QED) is 0.892. The molecule has 2 rings (SSSR count). The fraction of sp³-hybridized carbons (Fsp3) is 0.364. The first-order chi connectivity index (χ1) is 7.96. The normalized spacial score (nSPS) is 22.3. The largest absolute Gasteiger partial charge is 0.326 e. The van der Waals surface area contributed by atoms with Crippen molar-refractivity contribution in [2.75, 3.05) is 16.8 Å². The number of anilines is 1. The summed E-state index contributed by atoms with van der Waals surface area (Å²) in [7, 11) is -3.03. The smallest absolute Gasteiger partial charge is 0.228 e. The molecule has 1 amide bonds. The molecule has 92 valence electrons. The number of rotatable bonds is 2. The molecule has 0 aromatic heterocycles. The molecule has 0 radical (unpaired) electrons. The molecule has 1 aromatic rings. The average molecular weight is 274 g/mol. The number of carbonyl (C=O) groups excluding carboxylic acids is 1. The van der Waals surface area contributed by atoms with Crippen LogP contribution in [0, 0.1) is 5.92 Å². The standard InChI is InChI=1S/C11H12ClNO3S/c12-9-2-1-3-10(6-9)13-11(14)8-4-5-17(15,16)7-8/h1-3,6,8H,4-5,7H2,(H,13,14). The first-order valence-corrected chi connectivity index (χ1v) is 7.43. The van der Waals surface area contributed by atoms with Gasteiger partial charge in [-0.25, -0.2) is 8.42 Å². The zero-order chi connectivity index (χ0) is 12.5. The maximum absolute atomic E-state index is 11.8. The van der Waals surface area contributed by atoms with Gasteiger partial charge in [0, 0.05) is 10.7 Å². The molecule has 1 heterocycles. The van der Waals surface area contributed by atoms with Gasteiger partial charge in [-0.15, -0.1) is 0 Å². The Balaban J connectivity index is 2.03. The molecule has 1 fully saturated rings. The Kier molecular flexibility index (Phi) is 3.40. The predicted octanol–water partition coefficient (Wildman–Crippen LogP) is 1.71. The minimum absolute atomic E-state index is 0.0562. The van der Waals surface area contributed by atoms with Gasteiger partial charge >= 0.3 is 0 Å². The molecule has 1 unspecified atom stereocenters. The second-order valence-corrected chi connectivity index (χ2v) is 6.76. The van der Waals surface area contributed by atoms with E-state index >= 15 is 0 Å². The summed E-state index contributed by atoms with van der Waals surface area (Å²) >= 11 is 5.79. The summed E-state index contributed by atoms with van der Waals surface area (Å²) in [6.45, 7) is 0. The molecule has 6 heteroatoms. The Morgan fingerprint density at radius 3 is 2.76 bits per heavy atom. The topological polar surface area (TPSA) is 63.2 Å². The van der Waals surface area contributed by atoms with Crippen molar-refractivity contribution in [3.05, 3.63) is 29.3 Å². The van der Waals surface area contributed by atoms with Crippen LogP contribution in [0.1, 0.15) is 6.42 Å². The van der Waals surface area contributed by atoms with Crippen molar-refractivity contribution in [3.63, 3.8) is 0 Å². The molecule has 0 aliphatic carbocycles. The van der Waals surface area contributed by atoms with E-state index < -0.39 is 15.8 Å². The van der Waals surface area contributed by atoms with Crippen LogP contribution >= 0.6 is 11.6 Å². The second kappa shape index (κ2) is 4.66. The van der Waals surface area contributed by atoms with Gasteiger partial charge in [0.05, 0.1) is 17.4 Å². The maximum atomic E-state index is 11.8. The molecular weight excluding hydrogens is 262 g/mol. The lowest BCUT2D eigenvalue weighted by Gasteiger charge is -2.09. The summed E-state index contributed by atoms with van der Waals surface area (Å²) in [6.07, 6.45) is 0.398. The molecule has 0 spiro atoms. The van der Waals surface area contributed by atoms with Gasteiger partial charge < -0.3 is 5.32 Å². The van der Waals surface area contributed by atoms with Crippen LogP contribution in [0.2, 0.25) is 5.02 Å². The van der Waals surface area contributed by atoms with Crippen molar-refractivity contribution in [2.24, 2.45) is 5.92 Å². The lowest BCUT2D eigenvalue weighted by Crippen LogP contribution is -2.23. The van der Waals surface area contributed by atoms with E-state index in [4.69, 9.17) is 11.6 Å². The van der Waals surface area contributed by atoms with E-state index in [0.717, 1.165) is 0 Å². The number of halogens is 1. The van der Waals surface area contributed by atoms with Gasteiger partial charge in [-0.1, -0.05) is 17.7 Å². The van der Waals surface area contributed by atoms with E-state index in [1.165, 1.54) is 0 Å². The third-order valence-corrected chi connectivity index (χ3v) is 4.70. The summed E-state index contributed by atoms with van der Waals surface area (Å²) in [5, 5.41) is 3.20. The number of amides is 1. The van der Waals surface area contributed by atoms with Gasteiger partial charge in [-0.05, 0) is 24.6 Å². The molecule has 0 bridgehead atoms. The van der Waals surface area contributed by atoms with Crippen LogP contribution in [-0.4, -0.2) is 25.8 Å². The summed E-state index contributed by atoms with van der Waals surface area (Å²) in [5.41, 5.74) is 0.590. The summed E-state index contributed by atoms with van der Waals surface area (Å²) in [5.74, 6) is -0.660. The third kappa shape index (κ3) is 3.20. The monoisotopic (exact) mass is 273 g/mol. The van der Waals surface area contributed by atoms with E-state index in [2.05, 4.69) is 5.32 Å². The first kappa shape index (κ1) is 12.4. The van der Waals surface area contributed by atoms with Crippen molar-refractivity contribution in [1.82, 2.24) is 0 Å². The summed E-state index contributed by atoms with van der Waals surface area (Å²) in [4.78, 5) is 11.8. The Hall–Kier alpha value is -1.07. The van der Waals surface area contributed by atoms with E-state index in [-0.39, 0.29) is 17.4 Å². The van der Waals surface area contributed by atoms with Gasteiger partial charge in [0.15, 0.2) is 9.84 Å². The molecule has 1 aliphatic rings. The molecule has 17 heavy (non-hydrogen) atoms. The highest BCUT2D eigenvalue weighted by Gasteiger charge is 2.32. The molecular formula is C11H12ClNO3S. The van der Waals surface area contributed by atoms with E-state index in [1.54, 1.807) is 24.3 Å². The fourth-order valence-electron chi connectivity index (χ4n) is 1.81. The minimum atomic E-state index is -3.03. The lowest BCUT2D eigenvalue weighted by atomic mass is 10.1. The van der Waals surface area contributed by atoms with Crippen molar-refractivity contribution < 1.29 is 13.2 Å². The van der Waals surface area contributed by atoms with Crippen molar-refractivity contribution >= 4 is 33.0 Å². The Bertz CT molecular complexity index is 541. The van der Waals surface area contributed by atoms with Crippen LogP contribution in [0.25, 0.3) is 0 Å². The zero-order valence-electron chi connectivity index (χ0n) is 9.02. The summed E-state index contributed by atoms with van der Waals surface area (Å²) < 4.78 is 22.5. The van der Waals surface area contributed by atoms with Gasteiger partial charge in [0.1, 0.15) is 0 Å². The van der Waals surface area contributed by atoms with Crippen molar-refractivity contribution in [3.8, 4) is 0 Å². The lowest BCUT2D eigenvalue weighted by molar-refractivity contribution is -0.119. The van der Waals surface area contributed by atoms with Crippen LogP contribution in [0.3, 0.4) is 0 Å². The van der Waals surface area contributed by atoms with Crippen molar-refractivity contribution in [1.29, 1.82) is 0 Å². The Morgan fingerprint density at radius 2 is 2.18 bits per heavy atom. The van der Waals surface area contributed by atoms with E-state index in [9.17, 15) is 13.2 Å². The molecule has 1 N–H and O–H groups in total. The fourth-order valence-corrected chi connectivity index (χ4v) is 3.74. The SMILES string of the molecule is O=C(Nc1cccc(Cl)c1)C1CCS(=O)(=O)C1. The predicted molar refractivity (Wildman–Crippen MR) is 66.8 cm³/mol. The molecule has 1 atom stereocenters. The molecule has 1 saturated heterocycles. The van der Waals surface area contributed by atoms with Gasteiger partial charge in [-0.3, -0.25) is 4.79 Å². The number of benzene rings is 1. The van der Waals surface area contributed by atoms with Crippen LogP contribution < -0.4 is 5.32 Å². The molecule has 1 aromatic carbocycles. The van der Waals surface area contributed by atoms with Gasteiger partial charge in [-0.2, -0.15) is 0 Å². The summed E-state index contributed by atoms with van der Waals surface area (Å²) in [6, 6.07) is 6.77. The zero-order valence-corrected chi connectivity index (χ0v) is 10.6. The minimum Gasteiger partial charge on any atom is -0.326 e. The highest BCUT2D eigenvalue weighted by molar-refractivity contribution is 7.91. The third-order valence-electron chi connectivity index (χ3n) is 2.70. The first-order valence-electron chi connectivity index (χ1n) is 5.23. The number of nitrogens with one attached hydrogen (secondary N) is 1. The van der Waals surface area contributed by atoms with Gasteiger partial charge in [0.25, 0.3) is 0 Å². The van der Waals surface area contributed by atoms with E-state index in [0.29, 0.717) is 17.1 Å². The van der Waals surface area contributed by atoms with Gasteiger partial charge in [0.2, 0.25) is 5.91 Å². The van der Waals surface area contributed by atoms with Crippen LogP contribution in [-0.2, 0) is 14.6 Å². The van der Waals surface area contributed by atoms with Crippen LogP contribution in [0.5, 0.6) is 0 Å². The number of hydrogen-bond acceptors (Lipinski definition) is 3. The second-order valence-electron chi connectivity index (χ2n) is 4.10. The maximum Gasteiger partial charge on any atom is 0.228 e. The van der Waals surface area contributed by atoms with E-state index in [1.807, 2.05) is 0 Å². The Morgan fingerprint density at radius 1 is 1.41 bits per heavy atom. The molecule has 0 saturated carbocycles. The Labute approximate surface area is 105 Å². The average Bonchev–Trinajstić information content (AvgIpc) is 2.59. The highest BCUT2D eigenvalue weighted by atomic mass is 35.5. The van der Waals surface area contributed by atoms with Crippen LogP contribution in [0.15, 0.2) is 24.3 Å². The number of carbonyl (C=O) groups is 1. The number of hydrogen-bond donors (Lipinski definition) is 1. The highest BCUT2D eigenvalue weighted by Crippen LogP contribution is 2.21. The van der Waals surface area contributed by atoms with Crippen molar-refractivity contribution in [2.45, 2.75) is 6.42 Å². The van der Waals surface area contributed by atoms with Crippen LogP contribution in [0.4, 0.5) is 5.69 Å².